The van der Waals surface area contributed by atoms with Crippen molar-refractivity contribution in [2.75, 3.05) is 40.0 Å². The lowest BCUT2D eigenvalue weighted by molar-refractivity contribution is 0.0263. The normalized spacial score (nSPS) is 15.2. The number of hydrogen-bond donors (Lipinski definition) is 1. The third-order valence-electron chi connectivity index (χ3n) is 4.47. The van der Waals surface area contributed by atoms with E-state index in [1.54, 1.807) is 7.11 Å². The highest BCUT2D eigenvalue weighted by atomic mass is 127. The first-order valence-corrected chi connectivity index (χ1v) is 10.1. The molecular weight excluding hydrogens is 493 g/mol. The number of halogens is 2. The number of piperidine rings is 1. The smallest absolute Gasteiger partial charge is 0.194 e. The number of hydrogen-bond acceptors (Lipinski definition) is 4. The van der Waals surface area contributed by atoms with Crippen LogP contribution in [0.1, 0.15) is 39.2 Å². The second-order valence-corrected chi connectivity index (χ2v) is 6.76. The van der Waals surface area contributed by atoms with E-state index in [1.807, 2.05) is 26.0 Å². The molecule has 1 saturated heterocycles. The van der Waals surface area contributed by atoms with Crippen molar-refractivity contribution in [1.82, 2.24) is 10.2 Å². The lowest BCUT2D eigenvalue weighted by atomic mass is 10.1. The van der Waals surface area contributed by atoms with E-state index in [-0.39, 0.29) is 24.0 Å². The molecule has 0 amide bonds. The van der Waals surface area contributed by atoms with Crippen LogP contribution in [0.2, 0.25) is 5.02 Å². The largest absolute Gasteiger partial charge is 0.493 e. The van der Waals surface area contributed by atoms with Crippen LogP contribution >= 0.6 is 35.6 Å². The van der Waals surface area contributed by atoms with E-state index in [0.29, 0.717) is 35.8 Å². The van der Waals surface area contributed by atoms with Crippen LogP contribution in [0.25, 0.3) is 0 Å². The van der Waals surface area contributed by atoms with E-state index < -0.39 is 0 Å². The Bertz CT molecular complexity index is 623. The molecule has 0 aliphatic carbocycles. The Balaban J connectivity index is 0.00000392. The average Bonchev–Trinajstić information content (AvgIpc) is 2.68. The highest BCUT2D eigenvalue weighted by Crippen LogP contribution is 2.36. The summed E-state index contributed by atoms with van der Waals surface area (Å²) < 4.78 is 16.7. The Morgan fingerprint density at radius 2 is 1.93 bits per heavy atom. The van der Waals surface area contributed by atoms with Gasteiger partial charge in [0.2, 0.25) is 0 Å². The second kappa shape index (κ2) is 13.3. The molecule has 0 unspecified atom stereocenters. The van der Waals surface area contributed by atoms with Crippen molar-refractivity contribution < 1.29 is 14.2 Å². The van der Waals surface area contributed by atoms with Gasteiger partial charge in [0.05, 0.1) is 31.4 Å². The molecule has 1 aliphatic rings. The maximum absolute atomic E-state index is 6.37. The molecule has 0 atom stereocenters. The lowest BCUT2D eigenvalue weighted by Crippen LogP contribution is -2.47. The minimum atomic E-state index is 0. The summed E-state index contributed by atoms with van der Waals surface area (Å²) in [5.74, 6) is 2.15. The maximum atomic E-state index is 6.37. The number of nitrogens with zero attached hydrogens (tertiary/aromatic N) is 2. The number of nitrogens with one attached hydrogen (secondary N) is 1. The third kappa shape index (κ3) is 7.15. The van der Waals surface area contributed by atoms with Crippen molar-refractivity contribution in [1.29, 1.82) is 0 Å². The molecule has 0 radical (unpaired) electrons. The zero-order valence-corrected chi connectivity index (χ0v) is 20.4. The summed E-state index contributed by atoms with van der Waals surface area (Å²) >= 11 is 6.37. The molecule has 160 valence electrons. The fourth-order valence-electron chi connectivity index (χ4n) is 3.21. The van der Waals surface area contributed by atoms with Gasteiger partial charge in [-0.05, 0) is 51.3 Å². The first kappa shape index (κ1) is 25.1. The van der Waals surface area contributed by atoms with Crippen LogP contribution < -0.4 is 14.8 Å². The first-order valence-electron chi connectivity index (χ1n) is 9.76. The average molecular weight is 526 g/mol. The molecule has 1 N–H and O–H groups in total. The van der Waals surface area contributed by atoms with Gasteiger partial charge in [-0.3, -0.25) is 0 Å². The molecule has 6 nitrogen and oxygen atoms in total. The minimum absolute atomic E-state index is 0. The van der Waals surface area contributed by atoms with Gasteiger partial charge in [0.15, 0.2) is 17.5 Å². The van der Waals surface area contributed by atoms with Crippen LogP contribution in [0.4, 0.5) is 0 Å². The second-order valence-electron chi connectivity index (χ2n) is 6.35. The van der Waals surface area contributed by atoms with Crippen LogP contribution in [0, 0.1) is 0 Å². The molecule has 1 heterocycles. The molecule has 0 spiro atoms. The number of guanidine groups is 1. The van der Waals surface area contributed by atoms with E-state index in [0.717, 1.165) is 50.6 Å². The van der Waals surface area contributed by atoms with Crippen LogP contribution in [-0.2, 0) is 11.3 Å². The first-order chi connectivity index (χ1) is 13.1. The Labute approximate surface area is 191 Å². The third-order valence-corrected chi connectivity index (χ3v) is 4.75. The SMILES string of the molecule is CCNC(=NCc1cc(Cl)c(OCC)c(OC)c1)N1CCC(OCC)CC1.I. The summed E-state index contributed by atoms with van der Waals surface area (Å²) in [7, 11) is 1.62. The van der Waals surface area contributed by atoms with E-state index in [4.69, 9.17) is 30.8 Å². The zero-order chi connectivity index (χ0) is 19.6. The van der Waals surface area contributed by atoms with Crippen molar-refractivity contribution in [2.24, 2.45) is 4.99 Å². The molecule has 0 saturated carbocycles. The molecule has 8 heteroatoms. The summed E-state index contributed by atoms with van der Waals surface area (Å²) in [6.45, 7) is 10.6. The summed E-state index contributed by atoms with van der Waals surface area (Å²) in [4.78, 5) is 7.10. The van der Waals surface area contributed by atoms with Crippen molar-refractivity contribution >= 4 is 41.5 Å². The minimum Gasteiger partial charge on any atom is -0.493 e. The van der Waals surface area contributed by atoms with Crippen molar-refractivity contribution in [2.45, 2.75) is 46.3 Å². The summed E-state index contributed by atoms with van der Waals surface area (Å²) in [5, 5.41) is 3.94. The van der Waals surface area contributed by atoms with Gasteiger partial charge in [0.25, 0.3) is 0 Å². The van der Waals surface area contributed by atoms with Crippen LogP contribution in [0.3, 0.4) is 0 Å². The fraction of sp³-hybridized carbons (Fsp3) is 0.650. The van der Waals surface area contributed by atoms with Gasteiger partial charge >= 0.3 is 0 Å². The number of rotatable bonds is 8. The predicted octanol–water partition coefficient (Wildman–Crippen LogP) is 4.33. The summed E-state index contributed by atoms with van der Waals surface area (Å²) in [6, 6.07) is 3.83. The molecule has 2 rings (SSSR count). The molecule has 0 aromatic heterocycles. The summed E-state index contributed by atoms with van der Waals surface area (Å²) in [5.41, 5.74) is 0.986. The number of aliphatic imine (C=N–C) groups is 1. The highest BCUT2D eigenvalue weighted by Gasteiger charge is 2.21. The molecule has 1 fully saturated rings. The zero-order valence-electron chi connectivity index (χ0n) is 17.3. The topological polar surface area (TPSA) is 55.3 Å². The van der Waals surface area contributed by atoms with Gasteiger partial charge in [-0.2, -0.15) is 0 Å². The van der Waals surface area contributed by atoms with Crippen LogP contribution in [0.5, 0.6) is 11.5 Å². The summed E-state index contributed by atoms with van der Waals surface area (Å²) in [6.07, 6.45) is 2.42. The van der Waals surface area contributed by atoms with E-state index in [9.17, 15) is 0 Å². The Morgan fingerprint density at radius 1 is 1.21 bits per heavy atom. The van der Waals surface area contributed by atoms with Gasteiger partial charge in [-0.25, -0.2) is 4.99 Å². The van der Waals surface area contributed by atoms with Gasteiger partial charge in [-0.1, -0.05) is 11.6 Å². The van der Waals surface area contributed by atoms with Gasteiger partial charge in [-0.15, -0.1) is 24.0 Å². The maximum Gasteiger partial charge on any atom is 0.194 e. The highest BCUT2D eigenvalue weighted by molar-refractivity contribution is 14.0. The Kier molecular flexibility index (Phi) is 11.9. The number of methoxy groups -OCH3 is 1. The van der Waals surface area contributed by atoms with E-state index >= 15 is 0 Å². The van der Waals surface area contributed by atoms with Crippen molar-refractivity contribution in [3.63, 3.8) is 0 Å². The quantitative estimate of drug-likeness (QED) is 0.311. The Morgan fingerprint density at radius 3 is 2.50 bits per heavy atom. The molecular formula is C20H33ClIN3O3. The number of likely N-dealkylation sites (tertiary alicyclic amines) is 1. The standard InChI is InChI=1S/C20H32ClN3O3.HI/c1-5-22-20(24-10-8-16(9-11-24)26-6-2)23-14-15-12-17(21)19(27-7-3)18(13-15)25-4;/h12-13,16H,5-11,14H2,1-4H3,(H,22,23);1H. The molecule has 1 aromatic carbocycles. The van der Waals surface area contributed by atoms with Crippen molar-refractivity contribution in [3.05, 3.63) is 22.7 Å². The van der Waals surface area contributed by atoms with Crippen molar-refractivity contribution in [3.8, 4) is 11.5 Å². The van der Waals surface area contributed by atoms with E-state index in [2.05, 4.69) is 17.1 Å². The van der Waals surface area contributed by atoms with Crippen LogP contribution in [0.15, 0.2) is 17.1 Å². The molecule has 1 aliphatic heterocycles. The fourth-order valence-corrected chi connectivity index (χ4v) is 3.50. The lowest BCUT2D eigenvalue weighted by Gasteiger charge is -2.34. The van der Waals surface area contributed by atoms with Gasteiger partial charge < -0.3 is 24.4 Å². The Hall–Kier alpha value is -0.930. The predicted molar refractivity (Wildman–Crippen MR) is 126 cm³/mol. The van der Waals surface area contributed by atoms with Gasteiger partial charge in [0, 0.05) is 26.2 Å². The number of benzene rings is 1. The number of ether oxygens (including phenoxy) is 3. The van der Waals surface area contributed by atoms with Crippen LogP contribution in [-0.4, -0.2) is 56.9 Å². The molecule has 0 bridgehead atoms. The van der Waals surface area contributed by atoms with Gasteiger partial charge in [0.1, 0.15) is 0 Å². The monoisotopic (exact) mass is 525 g/mol. The van der Waals surface area contributed by atoms with E-state index in [1.165, 1.54) is 0 Å². The molecule has 28 heavy (non-hydrogen) atoms. The molecule has 1 aromatic rings.